The van der Waals surface area contributed by atoms with Crippen LogP contribution in [-0.2, 0) is 0 Å². The van der Waals surface area contributed by atoms with E-state index in [1.807, 2.05) is 13.1 Å². The van der Waals surface area contributed by atoms with E-state index in [0.717, 1.165) is 12.4 Å². The maximum absolute atomic E-state index is 4.33. The molecular weight excluding hydrogens is 202 g/mol. The minimum Gasteiger partial charge on any atom is -0.368 e. The third-order valence-corrected chi connectivity index (χ3v) is 3.07. The van der Waals surface area contributed by atoms with Gasteiger partial charge in [-0.1, -0.05) is 0 Å². The number of rotatable bonds is 4. The molecule has 0 radical (unpaired) electrons. The largest absolute Gasteiger partial charge is 0.368 e. The molecule has 16 heavy (non-hydrogen) atoms. The highest BCUT2D eigenvalue weighted by Gasteiger charge is 2.20. The van der Waals surface area contributed by atoms with Gasteiger partial charge in [-0.25, -0.2) is 4.98 Å². The zero-order valence-electron chi connectivity index (χ0n) is 9.90. The van der Waals surface area contributed by atoms with Crippen molar-refractivity contribution in [2.75, 3.05) is 37.8 Å². The van der Waals surface area contributed by atoms with Crippen molar-refractivity contribution in [3.8, 4) is 0 Å². The van der Waals surface area contributed by atoms with E-state index in [0.29, 0.717) is 12.0 Å². The van der Waals surface area contributed by atoms with Crippen molar-refractivity contribution in [1.29, 1.82) is 0 Å². The molecule has 0 aromatic carbocycles. The second kappa shape index (κ2) is 5.12. The van der Waals surface area contributed by atoms with Crippen LogP contribution in [0.3, 0.4) is 0 Å². The fourth-order valence-electron chi connectivity index (χ4n) is 2.04. The summed E-state index contributed by atoms with van der Waals surface area (Å²) in [5.74, 6) is 1.55. The third kappa shape index (κ3) is 2.61. The standard InChI is InChI=1S/C11H19N5/c1-12-11-13-6-5-10(15-11)14-8-9-4-3-7-16(9)2/h5-6,9H,3-4,7-8H2,1-2H3,(H2,12,13,14,15). The normalized spacial score (nSPS) is 21.0. The summed E-state index contributed by atoms with van der Waals surface area (Å²) >= 11 is 0. The van der Waals surface area contributed by atoms with Crippen molar-refractivity contribution in [2.45, 2.75) is 18.9 Å². The molecule has 5 nitrogen and oxygen atoms in total. The van der Waals surface area contributed by atoms with Crippen LogP contribution in [0.25, 0.3) is 0 Å². The molecule has 1 saturated heterocycles. The first-order valence-electron chi connectivity index (χ1n) is 5.74. The van der Waals surface area contributed by atoms with E-state index < -0.39 is 0 Å². The van der Waals surface area contributed by atoms with Crippen molar-refractivity contribution in [3.63, 3.8) is 0 Å². The molecule has 1 aromatic heterocycles. The molecule has 1 aromatic rings. The predicted octanol–water partition coefficient (Wildman–Crippen LogP) is 1.02. The maximum Gasteiger partial charge on any atom is 0.224 e. The number of hydrogen-bond acceptors (Lipinski definition) is 5. The number of nitrogens with zero attached hydrogens (tertiary/aromatic N) is 3. The summed E-state index contributed by atoms with van der Waals surface area (Å²) in [6, 6.07) is 2.53. The molecule has 1 fully saturated rings. The summed E-state index contributed by atoms with van der Waals surface area (Å²) in [4.78, 5) is 10.8. The van der Waals surface area contributed by atoms with Crippen LogP contribution in [0.1, 0.15) is 12.8 Å². The monoisotopic (exact) mass is 221 g/mol. The smallest absolute Gasteiger partial charge is 0.224 e. The van der Waals surface area contributed by atoms with Gasteiger partial charge in [-0.15, -0.1) is 0 Å². The van der Waals surface area contributed by atoms with Crippen LogP contribution in [-0.4, -0.2) is 48.1 Å². The lowest BCUT2D eigenvalue weighted by Gasteiger charge is -2.19. The van der Waals surface area contributed by atoms with Gasteiger partial charge in [-0.05, 0) is 32.5 Å². The Balaban J connectivity index is 1.88. The Morgan fingerprint density at radius 2 is 2.44 bits per heavy atom. The summed E-state index contributed by atoms with van der Waals surface area (Å²) in [6.07, 6.45) is 4.33. The second-order valence-electron chi connectivity index (χ2n) is 4.17. The first-order chi connectivity index (χ1) is 7.79. The Morgan fingerprint density at radius 3 is 3.12 bits per heavy atom. The van der Waals surface area contributed by atoms with E-state index in [2.05, 4.69) is 32.5 Å². The van der Waals surface area contributed by atoms with Crippen LogP contribution in [0.15, 0.2) is 12.3 Å². The summed E-state index contributed by atoms with van der Waals surface area (Å²) in [6.45, 7) is 2.16. The zero-order chi connectivity index (χ0) is 11.4. The van der Waals surface area contributed by atoms with Crippen molar-refractivity contribution in [2.24, 2.45) is 0 Å². The molecule has 1 aliphatic rings. The topological polar surface area (TPSA) is 53.1 Å². The molecule has 1 atom stereocenters. The van der Waals surface area contributed by atoms with Crippen LogP contribution in [0.5, 0.6) is 0 Å². The number of likely N-dealkylation sites (N-methyl/N-ethyl adjacent to an activating group) is 1. The molecule has 2 N–H and O–H groups in total. The fourth-order valence-corrected chi connectivity index (χ4v) is 2.04. The van der Waals surface area contributed by atoms with Crippen LogP contribution >= 0.6 is 0 Å². The van der Waals surface area contributed by atoms with Gasteiger partial charge in [-0.2, -0.15) is 4.98 Å². The van der Waals surface area contributed by atoms with E-state index in [4.69, 9.17) is 0 Å². The number of hydrogen-bond donors (Lipinski definition) is 2. The number of nitrogens with one attached hydrogen (secondary N) is 2. The molecular formula is C11H19N5. The van der Waals surface area contributed by atoms with Gasteiger partial charge in [0.25, 0.3) is 0 Å². The second-order valence-corrected chi connectivity index (χ2v) is 4.17. The zero-order valence-corrected chi connectivity index (χ0v) is 9.90. The Hall–Kier alpha value is -1.36. The molecule has 0 saturated carbocycles. The van der Waals surface area contributed by atoms with Crippen molar-refractivity contribution < 1.29 is 0 Å². The lowest BCUT2D eigenvalue weighted by Crippen LogP contribution is -2.31. The van der Waals surface area contributed by atoms with Gasteiger partial charge in [0.1, 0.15) is 5.82 Å². The van der Waals surface area contributed by atoms with Gasteiger partial charge in [0.05, 0.1) is 0 Å². The summed E-state index contributed by atoms with van der Waals surface area (Å²) in [7, 11) is 4.00. The first-order valence-corrected chi connectivity index (χ1v) is 5.74. The highest BCUT2D eigenvalue weighted by atomic mass is 15.2. The Labute approximate surface area is 96.3 Å². The van der Waals surface area contributed by atoms with Crippen LogP contribution < -0.4 is 10.6 Å². The van der Waals surface area contributed by atoms with Gasteiger partial charge >= 0.3 is 0 Å². The van der Waals surface area contributed by atoms with Gasteiger partial charge in [-0.3, -0.25) is 0 Å². The van der Waals surface area contributed by atoms with E-state index >= 15 is 0 Å². The highest BCUT2D eigenvalue weighted by Crippen LogP contribution is 2.15. The molecule has 5 heteroatoms. The molecule has 88 valence electrons. The Morgan fingerprint density at radius 1 is 1.56 bits per heavy atom. The number of likely N-dealkylation sites (tertiary alicyclic amines) is 1. The molecule has 1 unspecified atom stereocenters. The van der Waals surface area contributed by atoms with Crippen LogP contribution in [0.2, 0.25) is 0 Å². The average Bonchev–Trinajstić information content (AvgIpc) is 2.72. The third-order valence-electron chi connectivity index (χ3n) is 3.07. The van der Waals surface area contributed by atoms with Gasteiger partial charge in [0.15, 0.2) is 0 Å². The highest BCUT2D eigenvalue weighted by molar-refractivity contribution is 5.39. The molecule has 1 aliphatic heterocycles. The Bertz CT molecular complexity index is 341. The average molecular weight is 221 g/mol. The summed E-state index contributed by atoms with van der Waals surface area (Å²) in [5.41, 5.74) is 0. The van der Waals surface area contributed by atoms with Crippen molar-refractivity contribution in [3.05, 3.63) is 12.3 Å². The number of aromatic nitrogens is 2. The minimum atomic E-state index is 0.632. The quantitative estimate of drug-likeness (QED) is 0.795. The molecule has 0 amide bonds. The SMILES string of the molecule is CNc1nccc(NCC2CCCN2C)n1. The molecule has 0 spiro atoms. The summed E-state index contributed by atoms with van der Waals surface area (Å²) in [5, 5.41) is 6.29. The van der Waals surface area contributed by atoms with Crippen molar-refractivity contribution >= 4 is 11.8 Å². The van der Waals surface area contributed by atoms with E-state index in [9.17, 15) is 0 Å². The predicted molar refractivity (Wildman–Crippen MR) is 65.7 cm³/mol. The van der Waals surface area contributed by atoms with E-state index in [1.54, 1.807) is 6.20 Å². The van der Waals surface area contributed by atoms with Gasteiger partial charge in [0, 0.05) is 25.8 Å². The lowest BCUT2D eigenvalue weighted by molar-refractivity contribution is 0.322. The summed E-state index contributed by atoms with van der Waals surface area (Å²) < 4.78 is 0. The molecule has 0 aliphatic carbocycles. The van der Waals surface area contributed by atoms with Gasteiger partial charge in [0.2, 0.25) is 5.95 Å². The number of anilines is 2. The van der Waals surface area contributed by atoms with Crippen molar-refractivity contribution in [1.82, 2.24) is 14.9 Å². The van der Waals surface area contributed by atoms with E-state index in [-0.39, 0.29) is 0 Å². The maximum atomic E-state index is 4.33. The van der Waals surface area contributed by atoms with E-state index in [1.165, 1.54) is 19.4 Å². The fraction of sp³-hybridized carbons (Fsp3) is 0.636. The molecule has 2 rings (SSSR count). The van der Waals surface area contributed by atoms with Crippen LogP contribution in [0, 0.1) is 0 Å². The van der Waals surface area contributed by atoms with Crippen LogP contribution in [0.4, 0.5) is 11.8 Å². The Kier molecular flexibility index (Phi) is 3.56. The first kappa shape index (κ1) is 11.1. The molecule has 0 bridgehead atoms. The van der Waals surface area contributed by atoms with Gasteiger partial charge < -0.3 is 15.5 Å². The minimum absolute atomic E-state index is 0.632. The lowest BCUT2D eigenvalue weighted by atomic mass is 10.2. The molecule has 2 heterocycles.